The van der Waals surface area contributed by atoms with Crippen LogP contribution in [0.15, 0.2) is 30.5 Å². The summed E-state index contributed by atoms with van der Waals surface area (Å²) in [6.07, 6.45) is 5.26. The quantitative estimate of drug-likeness (QED) is 0.905. The molecule has 4 nitrogen and oxygen atoms in total. The van der Waals surface area contributed by atoms with Gasteiger partial charge in [0.1, 0.15) is 5.75 Å². The van der Waals surface area contributed by atoms with E-state index in [0.717, 1.165) is 37.3 Å². The van der Waals surface area contributed by atoms with E-state index in [2.05, 4.69) is 17.2 Å². The lowest BCUT2D eigenvalue weighted by atomic mass is 9.87. The van der Waals surface area contributed by atoms with Crippen molar-refractivity contribution in [1.29, 1.82) is 0 Å². The molecule has 21 heavy (non-hydrogen) atoms. The van der Waals surface area contributed by atoms with Crippen LogP contribution >= 0.6 is 0 Å². The molecule has 1 heterocycles. The zero-order chi connectivity index (χ0) is 14.7. The molecule has 0 saturated heterocycles. The Balaban J connectivity index is 1.78. The number of aromatic nitrogens is 2. The van der Waals surface area contributed by atoms with Crippen LogP contribution in [0.4, 0.5) is 0 Å². The summed E-state index contributed by atoms with van der Waals surface area (Å²) in [5, 5.41) is 12.8. The van der Waals surface area contributed by atoms with Crippen LogP contribution in [0.1, 0.15) is 24.6 Å². The molecule has 1 aromatic heterocycles. The van der Waals surface area contributed by atoms with Gasteiger partial charge < -0.3 is 10.4 Å². The molecule has 2 N–H and O–H groups in total. The number of nitrogens with zero attached hydrogens (tertiary/aromatic N) is 2. The summed E-state index contributed by atoms with van der Waals surface area (Å²) >= 11 is 0. The molecule has 110 valence electrons. The van der Waals surface area contributed by atoms with Gasteiger partial charge in [-0.1, -0.05) is 6.92 Å². The fraction of sp³-hybridized carbons (Fsp3) is 0.412. The Bertz CT molecular complexity index is 610. The van der Waals surface area contributed by atoms with Gasteiger partial charge in [0.05, 0.1) is 0 Å². The lowest BCUT2D eigenvalue weighted by molar-refractivity contribution is 0.425. The minimum atomic E-state index is 0.267. The van der Waals surface area contributed by atoms with E-state index in [1.54, 1.807) is 12.1 Å². The lowest BCUT2D eigenvalue weighted by Crippen LogP contribution is -2.27. The fourth-order valence-corrected chi connectivity index (χ4v) is 2.86. The summed E-state index contributed by atoms with van der Waals surface area (Å²) in [4.78, 5) is 9.21. The predicted octanol–water partition coefficient (Wildman–Crippen LogP) is 2.56. The number of hydrogen-bond donors (Lipinski definition) is 2. The first-order chi connectivity index (χ1) is 10.3. The van der Waals surface area contributed by atoms with Gasteiger partial charge in [-0.2, -0.15) is 0 Å². The van der Waals surface area contributed by atoms with Gasteiger partial charge >= 0.3 is 0 Å². The molecule has 1 unspecified atom stereocenters. The maximum Gasteiger partial charge on any atom is 0.159 e. The van der Waals surface area contributed by atoms with Crippen LogP contribution in [0.3, 0.4) is 0 Å². The van der Waals surface area contributed by atoms with Gasteiger partial charge in [-0.25, -0.2) is 9.97 Å². The molecule has 0 spiro atoms. The van der Waals surface area contributed by atoms with Gasteiger partial charge in [-0.3, -0.25) is 0 Å². The van der Waals surface area contributed by atoms with Gasteiger partial charge in [0.25, 0.3) is 0 Å². The van der Waals surface area contributed by atoms with Crippen LogP contribution in [-0.4, -0.2) is 28.2 Å². The summed E-state index contributed by atoms with van der Waals surface area (Å²) in [6, 6.07) is 7.05. The first-order valence-electron chi connectivity index (χ1n) is 7.61. The molecular formula is C17H21N3O. The van der Waals surface area contributed by atoms with E-state index in [4.69, 9.17) is 4.98 Å². The van der Waals surface area contributed by atoms with Gasteiger partial charge in [0.15, 0.2) is 5.82 Å². The van der Waals surface area contributed by atoms with Crippen molar-refractivity contribution in [3.8, 4) is 17.1 Å². The number of phenols is 1. The Morgan fingerprint density at radius 2 is 2.10 bits per heavy atom. The summed E-state index contributed by atoms with van der Waals surface area (Å²) in [5.41, 5.74) is 3.41. The summed E-state index contributed by atoms with van der Waals surface area (Å²) in [7, 11) is 0. The second-order valence-electron chi connectivity index (χ2n) is 5.63. The Morgan fingerprint density at radius 3 is 2.86 bits per heavy atom. The fourth-order valence-electron chi connectivity index (χ4n) is 2.86. The van der Waals surface area contributed by atoms with E-state index in [9.17, 15) is 5.11 Å². The molecule has 1 aromatic carbocycles. The van der Waals surface area contributed by atoms with Crippen molar-refractivity contribution in [2.45, 2.75) is 26.2 Å². The van der Waals surface area contributed by atoms with E-state index >= 15 is 0 Å². The highest BCUT2D eigenvalue weighted by Gasteiger charge is 2.20. The van der Waals surface area contributed by atoms with Gasteiger partial charge in [-0.05, 0) is 68.1 Å². The van der Waals surface area contributed by atoms with Crippen LogP contribution in [0, 0.1) is 5.92 Å². The first-order valence-corrected chi connectivity index (χ1v) is 7.61. The molecule has 0 aliphatic heterocycles. The van der Waals surface area contributed by atoms with Crippen molar-refractivity contribution in [2.24, 2.45) is 5.92 Å². The number of aromatic hydroxyl groups is 1. The Morgan fingerprint density at radius 1 is 1.29 bits per heavy atom. The molecule has 1 aliphatic rings. The zero-order valence-corrected chi connectivity index (χ0v) is 12.3. The first kappa shape index (κ1) is 14.0. The minimum Gasteiger partial charge on any atom is -0.508 e. The number of hydrogen-bond acceptors (Lipinski definition) is 4. The van der Waals surface area contributed by atoms with E-state index in [1.807, 2.05) is 18.3 Å². The van der Waals surface area contributed by atoms with Crippen molar-refractivity contribution in [3.63, 3.8) is 0 Å². The van der Waals surface area contributed by atoms with E-state index in [-0.39, 0.29) is 5.75 Å². The number of rotatable bonds is 4. The largest absolute Gasteiger partial charge is 0.508 e. The third-order valence-corrected chi connectivity index (χ3v) is 4.06. The highest BCUT2D eigenvalue weighted by atomic mass is 16.3. The molecule has 0 fully saturated rings. The Kier molecular flexibility index (Phi) is 4.15. The van der Waals surface area contributed by atoms with Gasteiger partial charge in [0, 0.05) is 17.5 Å². The Labute approximate surface area is 125 Å². The van der Waals surface area contributed by atoms with E-state index in [0.29, 0.717) is 5.92 Å². The second kappa shape index (κ2) is 6.22. The van der Waals surface area contributed by atoms with Crippen LogP contribution in [-0.2, 0) is 12.8 Å². The van der Waals surface area contributed by atoms with Gasteiger partial charge in [-0.15, -0.1) is 0 Å². The zero-order valence-electron chi connectivity index (χ0n) is 12.3. The highest BCUT2D eigenvalue weighted by molar-refractivity contribution is 5.56. The lowest BCUT2D eigenvalue weighted by Gasteiger charge is -2.24. The predicted molar refractivity (Wildman–Crippen MR) is 83.2 cm³/mol. The monoisotopic (exact) mass is 283 g/mol. The smallest absolute Gasteiger partial charge is 0.159 e. The third-order valence-electron chi connectivity index (χ3n) is 4.06. The maximum atomic E-state index is 9.35. The Hall–Kier alpha value is -1.94. The molecule has 0 saturated carbocycles. The van der Waals surface area contributed by atoms with Crippen LogP contribution in [0.5, 0.6) is 5.75 Å². The average Bonchev–Trinajstić information content (AvgIpc) is 2.53. The van der Waals surface area contributed by atoms with Crippen LogP contribution in [0.25, 0.3) is 11.4 Å². The number of nitrogens with one attached hydrogen (secondary N) is 1. The number of fused-ring (bicyclic) bond motifs is 1. The van der Waals surface area contributed by atoms with E-state index in [1.165, 1.54) is 17.7 Å². The minimum absolute atomic E-state index is 0.267. The third kappa shape index (κ3) is 3.22. The summed E-state index contributed by atoms with van der Waals surface area (Å²) in [5.74, 6) is 1.71. The van der Waals surface area contributed by atoms with Crippen molar-refractivity contribution >= 4 is 0 Å². The molecule has 0 radical (unpaired) electrons. The SMILES string of the molecule is CCNCC1CCc2nc(-c3ccc(O)cc3)ncc2C1. The molecule has 0 amide bonds. The van der Waals surface area contributed by atoms with Crippen molar-refractivity contribution in [1.82, 2.24) is 15.3 Å². The number of benzene rings is 1. The normalized spacial score (nSPS) is 17.5. The van der Waals surface area contributed by atoms with E-state index < -0.39 is 0 Å². The van der Waals surface area contributed by atoms with Crippen molar-refractivity contribution < 1.29 is 5.11 Å². The number of aryl methyl sites for hydroxylation is 1. The second-order valence-corrected chi connectivity index (χ2v) is 5.63. The molecule has 3 rings (SSSR count). The van der Waals surface area contributed by atoms with Crippen molar-refractivity contribution in [3.05, 3.63) is 41.7 Å². The summed E-state index contributed by atoms with van der Waals surface area (Å²) in [6.45, 7) is 4.25. The standard InChI is InChI=1S/C17H21N3O/c1-2-18-10-12-3-8-16-14(9-12)11-19-17(20-16)13-4-6-15(21)7-5-13/h4-7,11-12,18,21H,2-3,8-10H2,1H3. The summed E-state index contributed by atoms with van der Waals surface area (Å²) < 4.78 is 0. The van der Waals surface area contributed by atoms with Gasteiger partial charge in [0.2, 0.25) is 0 Å². The molecule has 4 heteroatoms. The van der Waals surface area contributed by atoms with Crippen LogP contribution in [0.2, 0.25) is 0 Å². The molecule has 1 atom stereocenters. The maximum absolute atomic E-state index is 9.35. The molecule has 0 bridgehead atoms. The topological polar surface area (TPSA) is 58.0 Å². The average molecular weight is 283 g/mol. The van der Waals surface area contributed by atoms with Crippen molar-refractivity contribution in [2.75, 3.05) is 13.1 Å². The molecule has 1 aliphatic carbocycles. The highest BCUT2D eigenvalue weighted by Crippen LogP contribution is 2.26. The molecule has 2 aromatic rings. The number of phenolic OH excluding ortho intramolecular Hbond substituents is 1. The molecular weight excluding hydrogens is 262 g/mol. The van der Waals surface area contributed by atoms with Crippen LogP contribution < -0.4 is 5.32 Å².